The summed E-state index contributed by atoms with van der Waals surface area (Å²) in [5.74, 6) is 0. The normalized spacial score (nSPS) is 11.1. The third-order valence-corrected chi connectivity index (χ3v) is 2.37. The van der Waals surface area contributed by atoms with Crippen LogP contribution >= 0.6 is 15.9 Å². The van der Waals surface area contributed by atoms with E-state index < -0.39 is 11.7 Å². The summed E-state index contributed by atoms with van der Waals surface area (Å²) in [6.07, 6.45) is -0.537. The Kier molecular flexibility index (Phi) is 4.54. The van der Waals surface area contributed by atoms with E-state index in [0.717, 1.165) is 4.47 Å². The van der Waals surface area contributed by atoms with Crippen LogP contribution in [0.2, 0.25) is 0 Å². The molecule has 1 rings (SSSR count). The molecule has 0 spiro atoms. The molecule has 17 heavy (non-hydrogen) atoms. The minimum atomic E-state index is -0.546. The molecule has 1 amide bonds. The lowest BCUT2D eigenvalue weighted by Crippen LogP contribution is -2.27. The van der Waals surface area contributed by atoms with Gasteiger partial charge in [-0.05, 0) is 32.9 Å². The molecule has 0 unspecified atom stereocenters. The van der Waals surface area contributed by atoms with E-state index in [-0.39, 0.29) is 6.61 Å². The number of hydrogen-bond donors (Lipinski definition) is 2. The molecule has 0 aromatic heterocycles. The Morgan fingerprint density at radius 2 is 2.12 bits per heavy atom. The van der Waals surface area contributed by atoms with Crippen molar-refractivity contribution in [1.29, 1.82) is 0 Å². The molecule has 0 saturated heterocycles. The van der Waals surface area contributed by atoms with Crippen molar-refractivity contribution in [2.45, 2.75) is 33.0 Å². The number of rotatable bonds is 2. The number of aliphatic hydroxyl groups is 1. The first-order valence-electron chi connectivity index (χ1n) is 5.21. The zero-order valence-corrected chi connectivity index (χ0v) is 11.7. The van der Waals surface area contributed by atoms with Gasteiger partial charge >= 0.3 is 6.09 Å². The van der Waals surface area contributed by atoms with Gasteiger partial charge in [0.1, 0.15) is 5.60 Å². The molecule has 0 fully saturated rings. The van der Waals surface area contributed by atoms with Crippen molar-refractivity contribution in [3.8, 4) is 0 Å². The first-order valence-corrected chi connectivity index (χ1v) is 6.00. The Balaban J connectivity index is 2.80. The van der Waals surface area contributed by atoms with E-state index in [1.807, 2.05) is 0 Å². The molecule has 0 heterocycles. The minimum absolute atomic E-state index is 0.140. The van der Waals surface area contributed by atoms with Crippen molar-refractivity contribution in [2.24, 2.45) is 0 Å². The van der Waals surface area contributed by atoms with Crippen LogP contribution in [0.15, 0.2) is 22.7 Å². The lowest BCUT2D eigenvalue weighted by atomic mass is 10.2. The first-order chi connectivity index (χ1) is 7.81. The quantitative estimate of drug-likeness (QED) is 0.881. The van der Waals surface area contributed by atoms with Crippen LogP contribution in [0, 0.1) is 0 Å². The van der Waals surface area contributed by atoms with Gasteiger partial charge in [0, 0.05) is 10.0 Å². The van der Waals surface area contributed by atoms with Gasteiger partial charge in [0.15, 0.2) is 0 Å². The highest BCUT2D eigenvalue weighted by molar-refractivity contribution is 9.10. The van der Waals surface area contributed by atoms with Crippen molar-refractivity contribution in [2.75, 3.05) is 5.32 Å². The molecule has 0 saturated carbocycles. The van der Waals surface area contributed by atoms with Crippen LogP contribution in [-0.4, -0.2) is 16.8 Å². The number of anilines is 1. The van der Waals surface area contributed by atoms with E-state index in [1.165, 1.54) is 0 Å². The summed E-state index contributed by atoms with van der Waals surface area (Å²) >= 11 is 3.30. The maximum Gasteiger partial charge on any atom is 0.412 e. The number of carbonyl (C=O) groups is 1. The largest absolute Gasteiger partial charge is 0.444 e. The fourth-order valence-corrected chi connectivity index (χ4v) is 1.58. The third kappa shape index (κ3) is 4.75. The molecule has 4 nitrogen and oxygen atoms in total. The van der Waals surface area contributed by atoms with Crippen molar-refractivity contribution in [3.05, 3.63) is 28.2 Å². The summed E-state index contributed by atoms with van der Waals surface area (Å²) in [4.78, 5) is 11.6. The number of ether oxygens (including phenoxy) is 1. The van der Waals surface area contributed by atoms with Crippen LogP contribution in [0.3, 0.4) is 0 Å². The highest BCUT2D eigenvalue weighted by atomic mass is 79.9. The minimum Gasteiger partial charge on any atom is -0.444 e. The molecule has 0 aliphatic heterocycles. The van der Waals surface area contributed by atoms with E-state index in [2.05, 4.69) is 21.2 Å². The predicted octanol–water partition coefficient (Wildman–Crippen LogP) is 3.29. The Morgan fingerprint density at radius 3 is 2.65 bits per heavy atom. The zero-order chi connectivity index (χ0) is 13.1. The maximum absolute atomic E-state index is 11.6. The number of carbonyl (C=O) groups excluding carboxylic acids is 1. The van der Waals surface area contributed by atoms with Gasteiger partial charge in [0.25, 0.3) is 0 Å². The Bertz CT molecular complexity index is 413. The fraction of sp³-hybridized carbons (Fsp3) is 0.417. The van der Waals surface area contributed by atoms with Gasteiger partial charge in [-0.3, -0.25) is 5.32 Å². The maximum atomic E-state index is 11.6. The van der Waals surface area contributed by atoms with E-state index in [0.29, 0.717) is 11.3 Å². The fourth-order valence-electron chi connectivity index (χ4n) is 1.22. The van der Waals surface area contributed by atoms with Gasteiger partial charge in [-0.25, -0.2) is 4.79 Å². The topological polar surface area (TPSA) is 58.6 Å². The monoisotopic (exact) mass is 301 g/mol. The van der Waals surface area contributed by atoms with E-state index >= 15 is 0 Å². The molecule has 2 N–H and O–H groups in total. The summed E-state index contributed by atoms with van der Waals surface area (Å²) in [5, 5.41) is 11.8. The molecule has 0 bridgehead atoms. The average Bonchev–Trinajstić information content (AvgIpc) is 2.14. The molecule has 0 atom stereocenters. The van der Waals surface area contributed by atoms with Crippen LogP contribution < -0.4 is 5.32 Å². The first kappa shape index (κ1) is 14.0. The average molecular weight is 302 g/mol. The van der Waals surface area contributed by atoms with Crippen LogP contribution in [0.4, 0.5) is 10.5 Å². The van der Waals surface area contributed by atoms with Gasteiger partial charge in [-0.15, -0.1) is 0 Å². The SMILES string of the molecule is CC(C)(C)OC(=O)Nc1cc(Br)ccc1CO. The third-order valence-electron chi connectivity index (χ3n) is 1.88. The number of hydrogen-bond acceptors (Lipinski definition) is 3. The summed E-state index contributed by atoms with van der Waals surface area (Å²) in [6, 6.07) is 5.25. The molecular weight excluding hydrogens is 286 g/mol. The second kappa shape index (κ2) is 5.51. The number of aliphatic hydroxyl groups excluding tert-OH is 1. The van der Waals surface area contributed by atoms with Gasteiger partial charge in [0.2, 0.25) is 0 Å². The number of benzene rings is 1. The molecule has 0 aliphatic rings. The van der Waals surface area contributed by atoms with Gasteiger partial charge in [-0.2, -0.15) is 0 Å². The zero-order valence-electron chi connectivity index (χ0n) is 10.1. The molecular formula is C12H16BrNO3. The molecule has 0 radical (unpaired) electrons. The highest BCUT2D eigenvalue weighted by Gasteiger charge is 2.17. The van der Waals surface area contributed by atoms with E-state index in [4.69, 9.17) is 9.84 Å². The van der Waals surface area contributed by atoms with Crippen molar-refractivity contribution in [3.63, 3.8) is 0 Å². The highest BCUT2D eigenvalue weighted by Crippen LogP contribution is 2.22. The van der Waals surface area contributed by atoms with Gasteiger partial charge in [0.05, 0.1) is 12.3 Å². The lowest BCUT2D eigenvalue weighted by molar-refractivity contribution is 0.0635. The molecule has 0 aliphatic carbocycles. The smallest absolute Gasteiger partial charge is 0.412 e. The summed E-state index contributed by atoms with van der Waals surface area (Å²) in [5.41, 5.74) is 0.630. The van der Waals surface area contributed by atoms with Crippen LogP contribution in [0.5, 0.6) is 0 Å². The predicted molar refractivity (Wildman–Crippen MR) is 69.9 cm³/mol. The summed E-state index contributed by atoms with van der Waals surface area (Å²) in [6.45, 7) is 5.24. The van der Waals surface area contributed by atoms with Crippen LogP contribution in [0.25, 0.3) is 0 Å². The van der Waals surface area contributed by atoms with Crippen molar-refractivity contribution in [1.82, 2.24) is 0 Å². The van der Waals surface area contributed by atoms with E-state index in [9.17, 15) is 4.79 Å². The number of amides is 1. The number of nitrogens with one attached hydrogen (secondary N) is 1. The molecule has 94 valence electrons. The lowest BCUT2D eigenvalue weighted by Gasteiger charge is -2.20. The van der Waals surface area contributed by atoms with Crippen LogP contribution in [-0.2, 0) is 11.3 Å². The number of halogens is 1. The molecule has 1 aromatic rings. The van der Waals surface area contributed by atoms with Crippen molar-refractivity contribution < 1.29 is 14.6 Å². The van der Waals surface area contributed by atoms with Gasteiger partial charge in [-0.1, -0.05) is 22.0 Å². The van der Waals surface area contributed by atoms with Crippen molar-refractivity contribution >= 4 is 27.7 Å². The Morgan fingerprint density at radius 1 is 1.47 bits per heavy atom. The second-order valence-electron chi connectivity index (χ2n) is 4.59. The summed E-state index contributed by atoms with van der Waals surface area (Å²) < 4.78 is 5.95. The Labute approximate surface area is 109 Å². The van der Waals surface area contributed by atoms with E-state index in [1.54, 1.807) is 39.0 Å². The standard InChI is InChI=1S/C12H16BrNO3/c1-12(2,3)17-11(16)14-10-6-9(13)5-4-8(10)7-15/h4-6,15H,7H2,1-3H3,(H,14,16). The van der Waals surface area contributed by atoms with Crippen LogP contribution in [0.1, 0.15) is 26.3 Å². The van der Waals surface area contributed by atoms with Gasteiger partial charge < -0.3 is 9.84 Å². The second-order valence-corrected chi connectivity index (χ2v) is 5.50. The molecule has 1 aromatic carbocycles. The Hall–Kier alpha value is -1.07. The molecule has 5 heteroatoms. The summed E-state index contributed by atoms with van der Waals surface area (Å²) in [7, 11) is 0.